The van der Waals surface area contributed by atoms with Gasteiger partial charge in [0.15, 0.2) is 0 Å². The summed E-state index contributed by atoms with van der Waals surface area (Å²) < 4.78 is 19.8. The molecule has 204 valence electrons. The zero-order valence-corrected chi connectivity index (χ0v) is 22.8. The highest BCUT2D eigenvalue weighted by molar-refractivity contribution is 5.19. The Bertz CT molecular complexity index is 1310. The van der Waals surface area contributed by atoms with E-state index < -0.39 is 0 Å². The van der Waals surface area contributed by atoms with Crippen LogP contribution in [-0.4, -0.2) is 35.8 Å². The molecule has 5 rings (SSSR count). The molecule has 4 aromatic rings. The number of rotatable bonds is 13. The lowest BCUT2D eigenvalue weighted by Crippen LogP contribution is -2.42. The van der Waals surface area contributed by atoms with Crippen LogP contribution in [0.2, 0.25) is 0 Å². The topological polar surface area (TPSA) is 30.9 Å². The summed E-state index contributed by atoms with van der Waals surface area (Å²) in [6.07, 6.45) is 6.09. The lowest BCUT2D eigenvalue weighted by Gasteiger charge is -2.30. The van der Waals surface area contributed by atoms with Crippen LogP contribution in [0.15, 0.2) is 121 Å². The number of benzene rings is 4. The predicted molar refractivity (Wildman–Crippen MR) is 159 cm³/mol. The summed E-state index contributed by atoms with van der Waals surface area (Å²) in [6.45, 7) is 2.77. The number of likely N-dealkylation sites (tertiary alicyclic amines) is 1. The zero-order chi connectivity index (χ0) is 27.4. The summed E-state index contributed by atoms with van der Waals surface area (Å²) >= 11 is 0. The molecule has 0 spiro atoms. The third-order valence-electron chi connectivity index (χ3n) is 7.44. The summed E-state index contributed by atoms with van der Waals surface area (Å²) in [7, 11) is 0. The van der Waals surface area contributed by atoms with Gasteiger partial charge in [0.25, 0.3) is 0 Å². The summed E-state index contributed by atoms with van der Waals surface area (Å²) in [5, 5.41) is 0. The SMILES string of the molecule is C#CCC1[C@H](OCc2ccccc2)[C@@H](OCc2ccccc2)[C@H](COCc2ccccc2)N1Cc1ccccc1. The minimum Gasteiger partial charge on any atom is -0.375 e. The van der Waals surface area contributed by atoms with E-state index >= 15 is 0 Å². The minimum atomic E-state index is -0.221. The van der Waals surface area contributed by atoms with Crippen molar-refractivity contribution in [1.29, 1.82) is 0 Å². The van der Waals surface area contributed by atoms with Crippen LogP contribution in [0.1, 0.15) is 28.7 Å². The summed E-state index contributed by atoms with van der Waals surface area (Å²) in [6, 6.07) is 41.3. The number of hydrogen-bond acceptors (Lipinski definition) is 4. The fraction of sp³-hybridized carbons (Fsp3) is 0.278. The van der Waals surface area contributed by atoms with Gasteiger partial charge in [0.1, 0.15) is 12.2 Å². The fourth-order valence-electron chi connectivity index (χ4n) is 5.45. The molecule has 1 fully saturated rings. The van der Waals surface area contributed by atoms with Crippen LogP contribution in [-0.2, 0) is 40.6 Å². The second-order valence-corrected chi connectivity index (χ2v) is 10.2. The first kappa shape index (κ1) is 27.8. The van der Waals surface area contributed by atoms with Gasteiger partial charge >= 0.3 is 0 Å². The van der Waals surface area contributed by atoms with Gasteiger partial charge in [-0.1, -0.05) is 121 Å². The number of nitrogens with zero attached hydrogens (tertiary/aromatic N) is 1. The maximum Gasteiger partial charge on any atom is 0.103 e. The van der Waals surface area contributed by atoms with E-state index in [1.54, 1.807) is 0 Å². The van der Waals surface area contributed by atoms with E-state index in [9.17, 15) is 0 Å². The first-order valence-corrected chi connectivity index (χ1v) is 14.0. The fourth-order valence-corrected chi connectivity index (χ4v) is 5.45. The van der Waals surface area contributed by atoms with Crippen molar-refractivity contribution in [2.24, 2.45) is 0 Å². The van der Waals surface area contributed by atoms with Crippen molar-refractivity contribution in [3.8, 4) is 12.3 Å². The van der Waals surface area contributed by atoms with Crippen LogP contribution < -0.4 is 0 Å². The van der Waals surface area contributed by atoms with Gasteiger partial charge < -0.3 is 14.2 Å². The lowest BCUT2D eigenvalue weighted by atomic mass is 10.0. The van der Waals surface area contributed by atoms with Crippen molar-refractivity contribution >= 4 is 0 Å². The molecule has 40 heavy (non-hydrogen) atoms. The van der Waals surface area contributed by atoms with Crippen LogP contribution in [0.3, 0.4) is 0 Å². The molecule has 0 amide bonds. The Balaban J connectivity index is 1.43. The van der Waals surface area contributed by atoms with Crippen LogP contribution in [0, 0.1) is 12.3 Å². The van der Waals surface area contributed by atoms with Gasteiger partial charge in [-0.3, -0.25) is 4.90 Å². The van der Waals surface area contributed by atoms with Gasteiger partial charge in [-0.15, -0.1) is 12.3 Å². The van der Waals surface area contributed by atoms with Gasteiger partial charge in [-0.05, 0) is 22.3 Å². The van der Waals surface area contributed by atoms with Crippen molar-refractivity contribution in [3.63, 3.8) is 0 Å². The van der Waals surface area contributed by atoms with Gasteiger partial charge in [0.05, 0.1) is 38.5 Å². The van der Waals surface area contributed by atoms with Crippen molar-refractivity contribution in [1.82, 2.24) is 4.90 Å². The first-order chi connectivity index (χ1) is 19.8. The van der Waals surface area contributed by atoms with E-state index in [2.05, 4.69) is 71.5 Å². The number of hydrogen-bond donors (Lipinski definition) is 0. The molecule has 0 saturated carbocycles. The van der Waals surface area contributed by atoms with Crippen LogP contribution in [0.5, 0.6) is 0 Å². The second-order valence-electron chi connectivity index (χ2n) is 10.2. The summed E-state index contributed by atoms with van der Waals surface area (Å²) in [4.78, 5) is 2.45. The monoisotopic (exact) mass is 531 g/mol. The van der Waals surface area contributed by atoms with E-state index in [0.29, 0.717) is 32.8 Å². The maximum absolute atomic E-state index is 6.73. The maximum atomic E-state index is 6.73. The molecule has 4 atom stereocenters. The molecule has 4 heteroatoms. The van der Waals surface area contributed by atoms with Crippen LogP contribution in [0.4, 0.5) is 0 Å². The minimum absolute atomic E-state index is 0.0139. The van der Waals surface area contributed by atoms with Crippen LogP contribution in [0.25, 0.3) is 0 Å². The highest BCUT2D eigenvalue weighted by Crippen LogP contribution is 2.35. The largest absolute Gasteiger partial charge is 0.375 e. The molecule has 0 radical (unpaired) electrons. The molecule has 1 aliphatic heterocycles. The Morgan fingerprint density at radius 2 is 0.975 bits per heavy atom. The van der Waals surface area contributed by atoms with E-state index in [1.807, 2.05) is 60.7 Å². The van der Waals surface area contributed by atoms with Crippen molar-refractivity contribution < 1.29 is 14.2 Å². The Morgan fingerprint density at radius 1 is 0.550 bits per heavy atom. The van der Waals surface area contributed by atoms with Gasteiger partial charge in [0, 0.05) is 13.0 Å². The Morgan fingerprint density at radius 3 is 1.45 bits per heavy atom. The van der Waals surface area contributed by atoms with Crippen LogP contribution >= 0.6 is 0 Å². The van der Waals surface area contributed by atoms with E-state index in [4.69, 9.17) is 20.6 Å². The lowest BCUT2D eigenvalue weighted by molar-refractivity contribution is -0.0862. The zero-order valence-electron chi connectivity index (χ0n) is 22.8. The van der Waals surface area contributed by atoms with Crippen molar-refractivity contribution in [2.45, 2.75) is 57.1 Å². The number of terminal acetylenes is 1. The average molecular weight is 532 g/mol. The van der Waals surface area contributed by atoms with E-state index in [-0.39, 0.29) is 24.3 Å². The molecule has 0 N–H and O–H groups in total. The average Bonchev–Trinajstić information content (AvgIpc) is 3.28. The van der Waals surface area contributed by atoms with E-state index in [0.717, 1.165) is 23.2 Å². The standard InChI is InChI=1S/C36H37NO3/c1-2-15-33-35(39-26-31-20-11-5-12-21-31)36(40-27-32-22-13-6-14-23-32)34(28-38-25-30-18-9-4-10-19-30)37(33)24-29-16-7-3-8-17-29/h1,3-14,16-23,33-36H,15,24-28H2/t33?,34-,35-,36-/m0/s1. The smallest absolute Gasteiger partial charge is 0.103 e. The molecular formula is C36H37NO3. The molecule has 1 unspecified atom stereocenters. The predicted octanol–water partition coefficient (Wildman–Crippen LogP) is 6.65. The molecule has 0 aliphatic carbocycles. The molecule has 0 aromatic heterocycles. The summed E-state index contributed by atoms with van der Waals surface area (Å²) in [5.41, 5.74) is 4.63. The third-order valence-corrected chi connectivity index (χ3v) is 7.44. The molecule has 1 aliphatic rings. The summed E-state index contributed by atoms with van der Waals surface area (Å²) in [5.74, 6) is 2.93. The second kappa shape index (κ2) is 14.6. The molecule has 1 heterocycles. The molecular weight excluding hydrogens is 494 g/mol. The van der Waals surface area contributed by atoms with Gasteiger partial charge in [-0.2, -0.15) is 0 Å². The Labute approximate surface area is 238 Å². The van der Waals surface area contributed by atoms with Crippen molar-refractivity contribution in [3.05, 3.63) is 144 Å². The highest BCUT2D eigenvalue weighted by Gasteiger charge is 2.50. The Kier molecular flexibility index (Phi) is 10.2. The Hall–Kier alpha value is -3.72. The quantitative estimate of drug-likeness (QED) is 0.181. The molecule has 1 saturated heterocycles. The highest BCUT2D eigenvalue weighted by atomic mass is 16.5. The first-order valence-electron chi connectivity index (χ1n) is 14.0. The van der Waals surface area contributed by atoms with E-state index in [1.165, 1.54) is 5.56 Å². The molecule has 4 aromatic carbocycles. The number of ether oxygens (including phenoxy) is 3. The van der Waals surface area contributed by atoms with Crippen molar-refractivity contribution in [2.75, 3.05) is 6.61 Å². The molecule has 4 nitrogen and oxygen atoms in total. The van der Waals surface area contributed by atoms with Gasteiger partial charge in [-0.25, -0.2) is 0 Å². The normalized spacial score (nSPS) is 20.8. The van der Waals surface area contributed by atoms with Gasteiger partial charge in [0.2, 0.25) is 0 Å². The third kappa shape index (κ3) is 7.47. The molecule has 0 bridgehead atoms.